The molecule has 0 radical (unpaired) electrons. The average Bonchev–Trinajstić information content (AvgIpc) is 2.53. The second-order valence-electron chi connectivity index (χ2n) is 5.53. The van der Waals surface area contributed by atoms with E-state index in [1.54, 1.807) is 6.07 Å². The second-order valence-corrected chi connectivity index (χ2v) is 5.53. The van der Waals surface area contributed by atoms with Crippen LogP contribution in [0.25, 0.3) is 11.1 Å². The van der Waals surface area contributed by atoms with E-state index in [0.717, 1.165) is 30.6 Å². The van der Waals surface area contributed by atoms with Crippen LogP contribution >= 0.6 is 0 Å². The third-order valence-electron chi connectivity index (χ3n) is 4.01. The standard InChI is InChI=1S/C19H24FN/c1-4-14(3)16-7-9-17(10-8-16)18-12-15(13-21-5-2)6-11-19(18)20/h6-12,14,21H,4-5,13H2,1-3H3. The molecule has 1 unspecified atom stereocenters. The highest BCUT2D eigenvalue weighted by atomic mass is 19.1. The Bertz CT molecular complexity index is 575. The van der Waals surface area contributed by atoms with Crippen molar-refractivity contribution in [2.24, 2.45) is 0 Å². The lowest BCUT2D eigenvalue weighted by atomic mass is 9.95. The summed E-state index contributed by atoms with van der Waals surface area (Å²) >= 11 is 0. The highest BCUT2D eigenvalue weighted by Gasteiger charge is 2.08. The SMILES string of the molecule is CCNCc1ccc(F)c(-c2ccc(C(C)CC)cc2)c1. The van der Waals surface area contributed by atoms with Crippen LogP contribution in [0.1, 0.15) is 44.2 Å². The molecule has 1 atom stereocenters. The van der Waals surface area contributed by atoms with Crippen LogP contribution in [0.5, 0.6) is 0 Å². The van der Waals surface area contributed by atoms with Crippen molar-refractivity contribution < 1.29 is 4.39 Å². The lowest BCUT2D eigenvalue weighted by molar-refractivity contribution is 0.629. The maximum atomic E-state index is 14.1. The summed E-state index contributed by atoms with van der Waals surface area (Å²) in [6.45, 7) is 8.15. The quantitative estimate of drug-likeness (QED) is 0.777. The van der Waals surface area contributed by atoms with Crippen LogP contribution in [0.15, 0.2) is 42.5 Å². The van der Waals surface area contributed by atoms with Crippen molar-refractivity contribution in [1.82, 2.24) is 5.32 Å². The fraction of sp³-hybridized carbons (Fsp3) is 0.368. The fourth-order valence-electron chi connectivity index (χ4n) is 2.40. The number of hydrogen-bond acceptors (Lipinski definition) is 1. The van der Waals surface area contributed by atoms with Crippen LogP contribution in [-0.2, 0) is 6.54 Å². The van der Waals surface area contributed by atoms with Crippen LogP contribution in [0.2, 0.25) is 0 Å². The van der Waals surface area contributed by atoms with Gasteiger partial charge in [0.2, 0.25) is 0 Å². The zero-order valence-electron chi connectivity index (χ0n) is 13.1. The number of hydrogen-bond donors (Lipinski definition) is 1. The second kappa shape index (κ2) is 7.37. The summed E-state index contributed by atoms with van der Waals surface area (Å²) in [5.41, 5.74) is 4.05. The molecule has 0 aromatic heterocycles. The van der Waals surface area contributed by atoms with Gasteiger partial charge in [0.05, 0.1) is 0 Å². The molecule has 0 saturated heterocycles. The normalized spacial score (nSPS) is 12.4. The Morgan fingerprint density at radius 1 is 1.05 bits per heavy atom. The van der Waals surface area contributed by atoms with E-state index in [-0.39, 0.29) is 5.82 Å². The molecule has 0 aliphatic rings. The summed E-state index contributed by atoms with van der Waals surface area (Å²) < 4.78 is 14.1. The van der Waals surface area contributed by atoms with Gasteiger partial charge in [0.25, 0.3) is 0 Å². The van der Waals surface area contributed by atoms with Crippen molar-refractivity contribution >= 4 is 0 Å². The van der Waals surface area contributed by atoms with Crippen molar-refractivity contribution in [1.29, 1.82) is 0 Å². The van der Waals surface area contributed by atoms with Crippen LogP contribution < -0.4 is 5.32 Å². The van der Waals surface area contributed by atoms with Crippen molar-refractivity contribution in [3.63, 3.8) is 0 Å². The first kappa shape index (κ1) is 15.7. The topological polar surface area (TPSA) is 12.0 Å². The Morgan fingerprint density at radius 2 is 1.76 bits per heavy atom. The Kier molecular flexibility index (Phi) is 5.51. The molecule has 21 heavy (non-hydrogen) atoms. The molecule has 0 heterocycles. The van der Waals surface area contributed by atoms with Crippen molar-refractivity contribution in [3.05, 3.63) is 59.4 Å². The molecule has 2 heteroatoms. The smallest absolute Gasteiger partial charge is 0.131 e. The minimum absolute atomic E-state index is 0.161. The van der Waals surface area contributed by atoms with Gasteiger partial charge in [-0.3, -0.25) is 0 Å². The van der Waals surface area contributed by atoms with Gasteiger partial charge < -0.3 is 5.32 Å². The maximum Gasteiger partial charge on any atom is 0.131 e. The van der Waals surface area contributed by atoms with E-state index in [4.69, 9.17) is 0 Å². The highest BCUT2D eigenvalue weighted by Crippen LogP contribution is 2.27. The van der Waals surface area contributed by atoms with E-state index in [0.29, 0.717) is 11.5 Å². The van der Waals surface area contributed by atoms with Gasteiger partial charge in [-0.2, -0.15) is 0 Å². The molecule has 1 N–H and O–H groups in total. The lowest BCUT2D eigenvalue weighted by Crippen LogP contribution is -2.11. The molecule has 0 aliphatic heterocycles. The third-order valence-corrected chi connectivity index (χ3v) is 4.01. The molecule has 0 fully saturated rings. The number of halogens is 1. The first-order valence-corrected chi connectivity index (χ1v) is 7.75. The van der Waals surface area contributed by atoms with E-state index >= 15 is 0 Å². The predicted octanol–water partition coefficient (Wildman–Crippen LogP) is 5.12. The van der Waals surface area contributed by atoms with Gasteiger partial charge in [-0.1, -0.05) is 51.1 Å². The van der Waals surface area contributed by atoms with E-state index in [1.807, 2.05) is 24.3 Å². The average molecular weight is 285 g/mol. The fourth-order valence-corrected chi connectivity index (χ4v) is 2.40. The van der Waals surface area contributed by atoms with Crippen molar-refractivity contribution in [2.45, 2.75) is 39.7 Å². The number of benzene rings is 2. The molecule has 0 amide bonds. The molecule has 1 nitrogen and oxygen atoms in total. The summed E-state index contributed by atoms with van der Waals surface area (Å²) in [5, 5.41) is 3.27. The maximum absolute atomic E-state index is 14.1. The predicted molar refractivity (Wildman–Crippen MR) is 87.9 cm³/mol. The third kappa shape index (κ3) is 3.92. The molecule has 0 spiro atoms. The molecule has 0 saturated carbocycles. The van der Waals surface area contributed by atoms with Gasteiger partial charge in [-0.15, -0.1) is 0 Å². The molecule has 0 aliphatic carbocycles. The summed E-state index contributed by atoms with van der Waals surface area (Å²) in [6, 6.07) is 13.6. The van der Waals surface area contributed by atoms with Gasteiger partial charge >= 0.3 is 0 Å². The van der Waals surface area contributed by atoms with E-state index in [9.17, 15) is 4.39 Å². The Morgan fingerprint density at radius 3 is 2.38 bits per heavy atom. The minimum Gasteiger partial charge on any atom is -0.313 e. The molecule has 112 valence electrons. The first-order valence-electron chi connectivity index (χ1n) is 7.75. The van der Waals surface area contributed by atoms with Gasteiger partial charge in [-0.25, -0.2) is 4.39 Å². The van der Waals surface area contributed by atoms with Crippen LogP contribution in [0.3, 0.4) is 0 Å². The van der Waals surface area contributed by atoms with Gasteiger partial charge in [0.1, 0.15) is 5.82 Å². The molecule has 2 rings (SSSR count). The Labute approximate surface area is 127 Å². The van der Waals surface area contributed by atoms with E-state index in [1.165, 1.54) is 5.56 Å². The van der Waals surface area contributed by atoms with Crippen molar-refractivity contribution in [2.75, 3.05) is 6.54 Å². The van der Waals surface area contributed by atoms with Gasteiger partial charge in [0.15, 0.2) is 0 Å². The summed E-state index contributed by atoms with van der Waals surface area (Å²) in [4.78, 5) is 0. The zero-order valence-corrected chi connectivity index (χ0v) is 13.1. The lowest BCUT2D eigenvalue weighted by Gasteiger charge is -2.11. The summed E-state index contributed by atoms with van der Waals surface area (Å²) in [7, 11) is 0. The zero-order chi connectivity index (χ0) is 15.2. The largest absolute Gasteiger partial charge is 0.313 e. The molecular formula is C19H24FN. The van der Waals surface area contributed by atoms with Crippen molar-refractivity contribution in [3.8, 4) is 11.1 Å². The number of nitrogens with one attached hydrogen (secondary N) is 1. The van der Waals surface area contributed by atoms with E-state index in [2.05, 4.69) is 38.2 Å². The summed E-state index contributed by atoms with van der Waals surface area (Å²) in [5.74, 6) is 0.385. The van der Waals surface area contributed by atoms with Crippen LogP contribution in [0.4, 0.5) is 4.39 Å². The monoisotopic (exact) mass is 285 g/mol. The van der Waals surface area contributed by atoms with Gasteiger partial charge in [-0.05, 0) is 47.7 Å². The first-order chi connectivity index (χ1) is 10.2. The minimum atomic E-state index is -0.161. The summed E-state index contributed by atoms with van der Waals surface area (Å²) in [6.07, 6.45) is 1.12. The molecule has 0 bridgehead atoms. The molecular weight excluding hydrogens is 261 g/mol. The molecule has 2 aromatic rings. The van der Waals surface area contributed by atoms with E-state index < -0.39 is 0 Å². The molecule has 2 aromatic carbocycles. The Hall–Kier alpha value is -1.67. The van der Waals surface area contributed by atoms with Crippen LogP contribution in [-0.4, -0.2) is 6.54 Å². The van der Waals surface area contributed by atoms with Gasteiger partial charge in [0, 0.05) is 12.1 Å². The number of rotatable bonds is 6. The Balaban J connectivity index is 2.28. The van der Waals surface area contributed by atoms with Crippen LogP contribution in [0, 0.1) is 5.82 Å². The highest BCUT2D eigenvalue weighted by molar-refractivity contribution is 5.65.